The molecule has 32 heavy (non-hydrogen) atoms. The number of amides is 2. The molecule has 164 valence electrons. The van der Waals surface area contributed by atoms with Gasteiger partial charge in [0.25, 0.3) is 0 Å². The van der Waals surface area contributed by atoms with Crippen LogP contribution in [0, 0.1) is 0 Å². The molecule has 0 aliphatic rings. The van der Waals surface area contributed by atoms with Crippen LogP contribution in [0.2, 0.25) is 0 Å². The summed E-state index contributed by atoms with van der Waals surface area (Å²) < 4.78 is 40.0. The SMILES string of the molecule is CN(C)c1ccccc1NC(=O)Nc1ccc(-c2ccnc3[nH]nc(C(F)(F)F)c23)cc1. The van der Waals surface area contributed by atoms with E-state index in [1.165, 1.54) is 12.3 Å². The van der Waals surface area contributed by atoms with Gasteiger partial charge in [0, 0.05) is 26.0 Å². The molecule has 2 heterocycles. The summed E-state index contributed by atoms with van der Waals surface area (Å²) in [6.07, 6.45) is -3.20. The second kappa shape index (κ2) is 8.22. The lowest BCUT2D eigenvalue weighted by molar-refractivity contribution is -0.139. The molecule has 2 aromatic heterocycles. The second-order valence-corrected chi connectivity index (χ2v) is 7.22. The highest BCUT2D eigenvalue weighted by atomic mass is 19.4. The number of rotatable bonds is 4. The molecule has 0 unspecified atom stereocenters. The van der Waals surface area contributed by atoms with Gasteiger partial charge in [-0.3, -0.25) is 5.10 Å². The molecule has 0 saturated heterocycles. The zero-order valence-corrected chi connectivity index (χ0v) is 17.2. The third kappa shape index (κ3) is 4.20. The average Bonchev–Trinajstić information content (AvgIpc) is 3.19. The number of aromatic amines is 1. The van der Waals surface area contributed by atoms with Crippen LogP contribution >= 0.6 is 0 Å². The molecule has 0 aliphatic carbocycles. The highest BCUT2D eigenvalue weighted by Crippen LogP contribution is 2.37. The average molecular weight is 440 g/mol. The highest BCUT2D eigenvalue weighted by Gasteiger charge is 2.37. The molecule has 2 amide bonds. The van der Waals surface area contributed by atoms with E-state index in [9.17, 15) is 18.0 Å². The first-order chi connectivity index (χ1) is 15.2. The van der Waals surface area contributed by atoms with Crippen LogP contribution in [0.5, 0.6) is 0 Å². The van der Waals surface area contributed by atoms with Gasteiger partial charge in [-0.1, -0.05) is 24.3 Å². The molecular weight excluding hydrogens is 421 g/mol. The minimum absolute atomic E-state index is 0.0518. The predicted octanol–water partition coefficient (Wildman–Crippen LogP) is 5.35. The van der Waals surface area contributed by atoms with Gasteiger partial charge in [0.1, 0.15) is 0 Å². The monoisotopic (exact) mass is 440 g/mol. The molecule has 0 atom stereocenters. The number of alkyl halides is 3. The van der Waals surface area contributed by atoms with E-state index in [1.54, 1.807) is 30.3 Å². The number of carbonyl (C=O) groups is 1. The largest absolute Gasteiger partial charge is 0.435 e. The number of benzene rings is 2. The molecule has 0 spiro atoms. The van der Waals surface area contributed by atoms with Gasteiger partial charge in [0.2, 0.25) is 0 Å². The van der Waals surface area contributed by atoms with Crippen LogP contribution in [0.4, 0.5) is 35.0 Å². The molecule has 4 aromatic rings. The van der Waals surface area contributed by atoms with E-state index >= 15 is 0 Å². The minimum atomic E-state index is -4.61. The van der Waals surface area contributed by atoms with Crippen LogP contribution in [0.25, 0.3) is 22.2 Å². The maximum absolute atomic E-state index is 13.3. The third-order valence-electron chi connectivity index (χ3n) is 4.82. The van der Waals surface area contributed by atoms with Gasteiger partial charge in [-0.05, 0) is 41.5 Å². The first-order valence-electron chi connectivity index (χ1n) is 9.59. The first-order valence-corrected chi connectivity index (χ1v) is 9.59. The van der Waals surface area contributed by atoms with Crippen molar-refractivity contribution in [1.82, 2.24) is 15.2 Å². The number of H-pyrrole nitrogens is 1. The molecule has 4 rings (SSSR count). The summed E-state index contributed by atoms with van der Waals surface area (Å²) >= 11 is 0. The summed E-state index contributed by atoms with van der Waals surface area (Å²) in [6, 6.07) is 14.9. The molecule has 10 heteroatoms. The Morgan fingerprint density at radius 2 is 1.72 bits per heavy atom. The van der Waals surface area contributed by atoms with Gasteiger partial charge >= 0.3 is 12.2 Å². The van der Waals surface area contributed by atoms with Crippen molar-refractivity contribution in [2.75, 3.05) is 29.6 Å². The maximum Gasteiger partial charge on any atom is 0.435 e. The first kappa shape index (κ1) is 21.2. The summed E-state index contributed by atoms with van der Waals surface area (Å²) in [6.45, 7) is 0. The smallest absolute Gasteiger partial charge is 0.376 e. The van der Waals surface area contributed by atoms with E-state index in [2.05, 4.69) is 25.8 Å². The van der Waals surface area contributed by atoms with Crippen LogP contribution in [0.1, 0.15) is 5.69 Å². The fourth-order valence-corrected chi connectivity index (χ4v) is 3.38. The number of carbonyl (C=O) groups excluding carboxylic acids is 1. The summed E-state index contributed by atoms with van der Waals surface area (Å²) in [5.41, 5.74) is 1.89. The molecule has 0 radical (unpaired) electrons. The number of urea groups is 1. The fourth-order valence-electron chi connectivity index (χ4n) is 3.38. The Morgan fingerprint density at radius 1 is 1.00 bits per heavy atom. The van der Waals surface area contributed by atoms with Crippen LogP contribution in [-0.4, -0.2) is 35.3 Å². The quantitative estimate of drug-likeness (QED) is 0.399. The van der Waals surface area contributed by atoms with Crippen molar-refractivity contribution in [3.63, 3.8) is 0 Å². The number of pyridine rings is 1. The van der Waals surface area contributed by atoms with Gasteiger partial charge < -0.3 is 15.5 Å². The van der Waals surface area contributed by atoms with Crippen LogP contribution in [-0.2, 0) is 6.18 Å². The van der Waals surface area contributed by atoms with Crippen molar-refractivity contribution in [2.45, 2.75) is 6.18 Å². The standard InChI is InChI=1S/C22H19F3N6O/c1-31(2)17-6-4-3-5-16(17)28-21(32)27-14-9-7-13(8-10-14)15-11-12-26-20-18(15)19(29-30-20)22(23,24)25/h3-12H,1-2H3,(H,26,29,30)(H2,27,28,32). The lowest BCUT2D eigenvalue weighted by Crippen LogP contribution is -2.21. The Bertz CT molecular complexity index is 1260. The summed E-state index contributed by atoms with van der Waals surface area (Å²) in [5, 5.41) is 11.1. The van der Waals surface area contributed by atoms with Gasteiger partial charge in [-0.25, -0.2) is 9.78 Å². The van der Waals surface area contributed by atoms with Gasteiger partial charge in [-0.15, -0.1) is 0 Å². The topological polar surface area (TPSA) is 85.9 Å². The van der Waals surface area contributed by atoms with Gasteiger partial charge in [-0.2, -0.15) is 18.3 Å². The number of para-hydroxylation sites is 2. The number of aromatic nitrogens is 3. The predicted molar refractivity (Wildman–Crippen MR) is 118 cm³/mol. The van der Waals surface area contributed by atoms with Crippen LogP contribution in [0.15, 0.2) is 60.8 Å². The Hall–Kier alpha value is -4.08. The number of hydrogen-bond acceptors (Lipinski definition) is 4. The van der Waals surface area contributed by atoms with Crippen molar-refractivity contribution in [3.05, 3.63) is 66.5 Å². The molecule has 0 aliphatic heterocycles. The number of anilines is 3. The number of halogens is 3. The van der Waals surface area contributed by atoms with Gasteiger partial charge in [0.05, 0.1) is 16.8 Å². The molecular formula is C22H19F3N6O. The highest BCUT2D eigenvalue weighted by molar-refractivity contribution is 6.02. The Labute approximate surface area is 181 Å². The zero-order chi connectivity index (χ0) is 22.9. The summed E-state index contributed by atoms with van der Waals surface area (Å²) in [4.78, 5) is 18.2. The molecule has 3 N–H and O–H groups in total. The zero-order valence-electron chi connectivity index (χ0n) is 17.2. The number of hydrogen-bond donors (Lipinski definition) is 3. The number of nitrogens with one attached hydrogen (secondary N) is 3. The van der Waals surface area contributed by atoms with E-state index < -0.39 is 17.9 Å². The molecule has 0 saturated carbocycles. The van der Waals surface area contributed by atoms with E-state index in [1.807, 2.05) is 37.2 Å². The van der Waals surface area contributed by atoms with E-state index in [0.717, 1.165) is 5.69 Å². The lowest BCUT2D eigenvalue weighted by Gasteiger charge is -2.18. The molecule has 0 bridgehead atoms. The van der Waals surface area contributed by atoms with E-state index in [-0.39, 0.29) is 11.0 Å². The van der Waals surface area contributed by atoms with Crippen molar-refractivity contribution < 1.29 is 18.0 Å². The van der Waals surface area contributed by atoms with Gasteiger partial charge in [0.15, 0.2) is 11.3 Å². The lowest BCUT2D eigenvalue weighted by atomic mass is 10.0. The summed E-state index contributed by atoms with van der Waals surface area (Å²) in [7, 11) is 3.74. The normalized spacial score (nSPS) is 11.4. The molecule has 7 nitrogen and oxygen atoms in total. The third-order valence-corrected chi connectivity index (χ3v) is 4.82. The van der Waals surface area contributed by atoms with E-state index in [4.69, 9.17) is 0 Å². The van der Waals surface area contributed by atoms with Crippen molar-refractivity contribution >= 4 is 34.1 Å². The van der Waals surface area contributed by atoms with Crippen LogP contribution < -0.4 is 15.5 Å². The minimum Gasteiger partial charge on any atom is -0.376 e. The van der Waals surface area contributed by atoms with E-state index in [0.29, 0.717) is 22.5 Å². The van der Waals surface area contributed by atoms with Crippen molar-refractivity contribution in [2.24, 2.45) is 0 Å². The molecule has 0 fully saturated rings. The van der Waals surface area contributed by atoms with Crippen LogP contribution in [0.3, 0.4) is 0 Å². The molecule has 2 aromatic carbocycles. The van der Waals surface area contributed by atoms with Crippen molar-refractivity contribution in [1.29, 1.82) is 0 Å². The number of fused-ring (bicyclic) bond motifs is 1. The second-order valence-electron chi connectivity index (χ2n) is 7.22. The Morgan fingerprint density at radius 3 is 2.41 bits per heavy atom. The summed E-state index contributed by atoms with van der Waals surface area (Å²) in [5.74, 6) is 0. The Balaban J connectivity index is 1.56. The maximum atomic E-state index is 13.3. The van der Waals surface area contributed by atoms with Crippen molar-refractivity contribution in [3.8, 4) is 11.1 Å². The fraction of sp³-hybridized carbons (Fsp3) is 0.136. The Kier molecular flexibility index (Phi) is 5.43. The number of nitrogens with zero attached hydrogens (tertiary/aromatic N) is 3.